The van der Waals surface area contributed by atoms with E-state index in [0.29, 0.717) is 31.0 Å². The zero-order valence-corrected chi connectivity index (χ0v) is 14.0. The Morgan fingerprint density at radius 3 is 2.30 bits per heavy atom. The average molecular weight is 334 g/mol. The molecule has 0 amide bonds. The summed E-state index contributed by atoms with van der Waals surface area (Å²) in [5.41, 5.74) is 7.35. The van der Waals surface area contributed by atoms with Crippen LogP contribution in [-0.2, 0) is 16.4 Å². The fourth-order valence-electron chi connectivity index (χ4n) is 2.03. The highest BCUT2D eigenvalue weighted by molar-refractivity contribution is 7.89. The Labute approximate surface area is 137 Å². The molecular weight excluding hydrogens is 312 g/mol. The summed E-state index contributed by atoms with van der Waals surface area (Å²) in [7, 11) is -3.51. The summed E-state index contributed by atoms with van der Waals surface area (Å²) in [6, 6.07) is 13.8. The summed E-state index contributed by atoms with van der Waals surface area (Å²) in [4.78, 5) is 0.235. The van der Waals surface area contributed by atoms with E-state index in [4.69, 9.17) is 10.5 Å². The first-order chi connectivity index (χ1) is 11.0. The van der Waals surface area contributed by atoms with Crippen molar-refractivity contribution in [3.8, 4) is 5.75 Å². The third-order valence-corrected chi connectivity index (χ3v) is 4.77. The first-order valence-electron chi connectivity index (χ1n) is 7.58. The van der Waals surface area contributed by atoms with Gasteiger partial charge in [-0.15, -0.1) is 0 Å². The van der Waals surface area contributed by atoms with Gasteiger partial charge in [-0.1, -0.05) is 19.1 Å². The minimum Gasteiger partial charge on any atom is -0.494 e. The molecule has 0 spiro atoms. The second kappa shape index (κ2) is 7.99. The van der Waals surface area contributed by atoms with E-state index in [1.807, 2.05) is 19.1 Å². The average Bonchev–Trinajstić information content (AvgIpc) is 2.55. The van der Waals surface area contributed by atoms with E-state index in [-0.39, 0.29) is 4.90 Å². The molecule has 0 aliphatic rings. The fourth-order valence-corrected chi connectivity index (χ4v) is 3.06. The van der Waals surface area contributed by atoms with Gasteiger partial charge in [-0.2, -0.15) is 0 Å². The molecule has 0 radical (unpaired) electrons. The highest BCUT2D eigenvalue weighted by Crippen LogP contribution is 2.16. The maximum atomic E-state index is 12.2. The van der Waals surface area contributed by atoms with Gasteiger partial charge in [0.25, 0.3) is 0 Å². The van der Waals surface area contributed by atoms with Gasteiger partial charge in [-0.05, 0) is 54.8 Å². The number of nitrogens with one attached hydrogen (secondary N) is 1. The van der Waals surface area contributed by atoms with Crippen molar-refractivity contribution in [1.82, 2.24) is 4.72 Å². The molecule has 0 saturated heterocycles. The highest BCUT2D eigenvalue weighted by atomic mass is 32.2. The van der Waals surface area contributed by atoms with Gasteiger partial charge in [0.2, 0.25) is 10.0 Å². The Balaban J connectivity index is 1.91. The van der Waals surface area contributed by atoms with E-state index in [0.717, 1.165) is 12.0 Å². The van der Waals surface area contributed by atoms with Crippen LogP contribution in [0.15, 0.2) is 53.4 Å². The first-order valence-corrected chi connectivity index (χ1v) is 9.06. The summed E-state index contributed by atoms with van der Waals surface area (Å²) in [6.07, 6.45) is 1.52. The Morgan fingerprint density at radius 1 is 1.04 bits per heavy atom. The minimum atomic E-state index is -3.51. The van der Waals surface area contributed by atoms with Crippen molar-refractivity contribution >= 4 is 15.7 Å². The molecular formula is C17H22N2O3S. The summed E-state index contributed by atoms with van der Waals surface area (Å²) < 4.78 is 32.5. The summed E-state index contributed by atoms with van der Waals surface area (Å²) in [5.74, 6) is 0.674. The Hall–Kier alpha value is -2.05. The molecule has 0 aliphatic carbocycles. The maximum absolute atomic E-state index is 12.2. The van der Waals surface area contributed by atoms with Crippen molar-refractivity contribution in [3.05, 3.63) is 54.1 Å². The zero-order valence-electron chi connectivity index (χ0n) is 13.2. The zero-order chi connectivity index (χ0) is 16.7. The number of nitrogen functional groups attached to an aromatic ring is 1. The van der Waals surface area contributed by atoms with Crippen LogP contribution in [0.1, 0.15) is 18.9 Å². The molecule has 5 nitrogen and oxygen atoms in total. The van der Waals surface area contributed by atoms with Crippen molar-refractivity contribution in [2.75, 3.05) is 18.9 Å². The van der Waals surface area contributed by atoms with E-state index in [9.17, 15) is 8.42 Å². The lowest BCUT2D eigenvalue weighted by Crippen LogP contribution is -2.25. The second-order valence-electron chi connectivity index (χ2n) is 5.21. The maximum Gasteiger partial charge on any atom is 0.240 e. The van der Waals surface area contributed by atoms with E-state index in [1.54, 1.807) is 36.4 Å². The van der Waals surface area contributed by atoms with Gasteiger partial charge in [0, 0.05) is 12.2 Å². The Bertz CT molecular complexity index is 711. The molecule has 0 unspecified atom stereocenters. The molecule has 2 rings (SSSR count). The predicted molar refractivity (Wildman–Crippen MR) is 92.0 cm³/mol. The van der Waals surface area contributed by atoms with Crippen molar-refractivity contribution in [2.45, 2.75) is 24.7 Å². The largest absolute Gasteiger partial charge is 0.494 e. The third-order valence-electron chi connectivity index (χ3n) is 3.29. The Kier molecular flexibility index (Phi) is 6.01. The molecule has 0 heterocycles. The molecule has 0 bridgehead atoms. The van der Waals surface area contributed by atoms with Gasteiger partial charge < -0.3 is 10.5 Å². The topological polar surface area (TPSA) is 81.4 Å². The molecule has 3 N–H and O–H groups in total. The Morgan fingerprint density at radius 2 is 1.70 bits per heavy atom. The monoisotopic (exact) mass is 334 g/mol. The van der Waals surface area contributed by atoms with Crippen LogP contribution in [-0.4, -0.2) is 21.6 Å². The van der Waals surface area contributed by atoms with Crippen molar-refractivity contribution in [1.29, 1.82) is 0 Å². The third kappa shape index (κ3) is 5.26. The van der Waals surface area contributed by atoms with Crippen molar-refractivity contribution in [3.63, 3.8) is 0 Å². The standard InChI is InChI=1S/C17H22N2O3S/c1-2-13-22-16-7-9-17(10-8-16)23(20,21)19-12-11-14-3-5-15(18)6-4-14/h3-10,19H,2,11-13,18H2,1H3. The highest BCUT2D eigenvalue weighted by Gasteiger charge is 2.13. The molecule has 0 saturated carbocycles. The second-order valence-corrected chi connectivity index (χ2v) is 6.98. The van der Waals surface area contributed by atoms with Gasteiger partial charge in [0.15, 0.2) is 0 Å². The number of hydrogen-bond donors (Lipinski definition) is 2. The van der Waals surface area contributed by atoms with E-state index < -0.39 is 10.0 Å². The number of benzene rings is 2. The molecule has 0 aliphatic heterocycles. The van der Waals surface area contributed by atoms with Crippen molar-refractivity contribution in [2.24, 2.45) is 0 Å². The van der Waals surface area contributed by atoms with Crippen LogP contribution >= 0.6 is 0 Å². The van der Waals surface area contributed by atoms with Crippen LogP contribution in [0.3, 0.4) is 0 Å². The van der Waals surface area contributed by atoms with Gasteiger partial charge in [-0.25, -0.2) is 13.1 Å². The minimum absolute atomic E-state index is 0.235. The molecule has 0 atom stereocenters. The van der Waals surface area contributed by atoms with Crippen LogP contribution in [0, 0.1) is 0 Å². The molecule has 124 valence electrons. The van der Waals surface area contributed by atoms with Gasteiger partial charge in [0.1, 0.15) is 5.75 Å². The molecule has 23 heavy (non-hydrogen) atoms. The fraction of sp³-hybridized carbons (Fsp3) is 0.294. The number of nitrogens with two attached hydrogens (primary N) is 1. The van der Waals surface area contributed by atoms with Crippen LogP contribution in [0.25, 0.3) is 0 Å². The van der Waals surface area contributed by atoms with Crippen molar-refractivity contribution < 1.29 is 13.2 Å². The van der Waals surface area contributed by atoms with Crippen LogP contribution in [0.4, 0.5) is 5.69 Å². The van der Waals surface area contributed by atoms with Gasteiger partial charge >= 0.3 is 0 Å². The molecule has 0 aromatic heterocycles. The molecule has 2 aromatic carbocycles. The normalized spacial score (nSPS) is 11.3. The summed E-state index contributed by atoms with van der Waals surface area (Å²) in [6.45, 7) is 2.97. The molecule has 6 heteroatoms. The number of sulfonamides is 1. The number of rotatable bonds is 8. The number of ether oxygens (including phenoxy) is 1. The number of anilines is 1. The van der Waals surface area contributed by atoms with E-state index >= 15 is 0 Å². The van der Waals surface area contributed by atoms with Crippen LogP contribution < -0.4 is 15.2 Å². The van der Waals surface area contributed by atoms with Crippen LogP contribution in [0.2, 0.25) is 0 Å². The summed E-state index contributed by atoms with van der Waals surface area (Å²) in [5, 5.41) is 0. The lowest BCUT2D eigenvalue weighted by atomic mass is 10.1. The van der Waals surface area contributed by atoms with Gasteiger partial charge in [0.05, 0.1) is 11.5 Å². The van der Waals surface area contributed by atoms with Gasteiger partial charge in [-0.3, -0.25) is 0 Å². The summed E-state index contributed by atoms with van der Waals surface area (Å²) >= 11 is 0. The van der Waals surface area contributed by atoms with E-state index in [1.165, 1.54) is 0 Å². The smallest absolute Gasteiger partial charge is 0.240 e. The quantitative estimate of drug-likeness (QED) is 0.727. The number of hydrogen-bond acceptors (Lipinski definition) is 4. The lowest BCUT2D eigenvalue weighted by molar-refractivity contribution is 0.317. The van der Waals surface area contributed by atoms with Crippen LogP contribution in [0.5, 0.6) is 5.75 Å². The predicted octanol–water partition coefficient (Wildman–Crippen LogP) is 2.58. The first kappa shape index (κ1) is 17.3. The lowest BCUT2D eigenvalue weighted by Gasteiger charge is -2.09. The molecule has 0 fully saturated rings. The SMILES string of the molecule is CCCOc1ccc(S(=O)(=O)NCCc2ccc(N)cc2)cc1. The van der Waals surface area contributed by atoms with E-state index in [2.05, 4.69) is 4.72 Å². The molecule has 2 aromatic rings.